The molecule has 0 fully saturated rings. The number of aromatic nitrogens is 5. The molecule has 1 aliphatic rings. The summed E-state index contributed by atoms with van der Waals surface area (Å²) >= 11 is 1.46. The normalized spacial score (nSPS) is 15.0. The summed E-state index contributed by atoms with van der Waals surface area (Å²) in [6.45, 7) is 0. The molecule has 0 saturated carbocycles. The van der Waals surface area contributed by atoms with Gasteiger partial charge in [0.2, 0.25) is 5.78 Å². The van der Waals surface area contributed by atoms with Crippen LogP contribution < -0.4 is 5.56 Å². The average Bonchev–Trinajstić information content (AvgIpc) is 3.07. The Morgan fingerprint density at radius 1 is 1.15 bits per heavy atom. The van der Waals surface area contributed by atoms with Crippen molar-refractivity contribution in [3.8, 4) is 0 Å². The SMILES string of the molecule is CSc1ncc2c(=O)n(C3=CCCCC3)c3nc4ccccc4n3c2n1. The van der Waals surface area contributed by atoms with Crippen molar-refractivity contribution < 1.29 is 0 Å². The van der Waals surface area contributed by atoms with Crippen LogP contribution in [0.3, 0.4) is 0 Å². The lowest BCUT2D eigenvalue weighted by Crippen LogP contribution is -2.24. The molecule has 6 nitrogen and oxygen atoms in total. The fraction of sp³-hybridized carbons (Fsp3) is 0.263. The Morgan fingerprint density at radius 3 is 2.85 bits per heavy atom. The van der Waals surface area contributed by atoms with Crippen molar-refractivity contribution >= 4 is 45.3 Å². The Morgan fingerprint density at radius 2 is 2.04 bits per heavy atom. The molecule has 7 heteroatoms. The first kappa shape index (κ1) is 15.6. The zero-order valence-electron chi connectivity index (χ0n) is 14.3. The highest BCUT2D eigenvalue weighted by molar-refractivity contribution is 7.98. The van der Waals surface area contributed by atoms with Gasteiger partial charge < -0.3 is 0 Å². The highest BCUT2D eigenvalue weighted by Crippen LogP contribution is 2.26. The molecule has 3 aromatic heterocycles. The van der Waals surface area contributed by atoms with Crippen molar-refractivity contribution in [2.75, 3.05) is 6.26 Å². The van der Waals surface area contributed by atoms with Crippen LogP contribution in [0.5, 0.6) is 0 Å². The fourth-order valence-corrected chi connectivity index (χ4v) is 3.98. The van der Waals surface area contributed by atoms with Crippen LogP contribution in [0.25, 0.3) is 33.5 Å². The van der Waals surface area contributed by atoms with Gasteiger partial charge in [-0.3, -0.25) is 9.20 Å². The van der Waals surface area contributed by atoms with E-state index < -0.39 is 0 Å². The van der Waals surface area contributed by atoms with E-state index in [0.717, 1.165) is 36.0 Å². The highest BCUT2D eigenvalue weighted by Gasteiger charge is 2.20. The molecule has 5 rings (SSSR count). The van der Waals surface area contributed by atoms with Crippen LogP contribution >= 0.6 is 11.8 Å². The van der Waals surface area contributed by atoms with Gasteiger partial charge in [-0.25, -0.2) is 19.5 Å². The summed E-state index contributed by atoms with van der Waals surface area (Å²) in [7, 11) is 0. The molecule has 130 valence electrons. The summed E-state index contributed by atoms with van der Waals surface area (Å²) in [5.74, 6) is 0.627. The number of imidazole rings is 1. The molecule has 0 spiro atoms. The number of para-hydroxylation sites is 2. The first-order valence-electron chi connectivity index (χ1n) is 8.70. The molecule has 26 heavy (non-hydrogen) atoms. The lowest BCUT2D eigenvalue weighted by atomic mass is 10.0. The van der Waals surface area contributed by atoms with E-state index in [1.165, 1.54) is 18.2 Å². The van der Waals surface area contributed by atoms with Crippen LogP contribution in [-0.4, -0.2) is 30.2 Å². The number of hydrogen-bond donors (Lipinski definition) is 0. The highest BCUT2D eigenvalue weighted by atomic mass is 32.2. The lowest BCUT2D eigenvalue weighted by molar-refractivity contribution is 0.714. The quantitative estimate of drug-likeness (QED) is 0.401. The predicted molar refractivity (Wildman–Crippen MR) is 105 cm³/mol. The van der Waals surface area contributed by atoms with Crippen molar-refractivity contribution in [2.45, 2.75) is 30.8 Å². The van der Waals surface area contributed by atoms with Gasteiger partial charge in [-0.15, -0.1) is 0 Å². The second kappa shape index (κ2) is 5.95. The first-order valence-corrected chi connectivity index (χ1v) is 9.93. The standard InChI is InChI=1S/C19H17N5OS/c1-26-18-20-11-13-16(22-18)24-15-10-6-5-9-14(15)21-19(24)23(17(13)25)12-7-3-2-4-8-12/h5-7,9-11H,2-4,8H2,1H3. The summed E-state index contributed by atoms with van der Waals surface area (Å²) in [5, 5.41) is 1.16. The second-order valence-corrected chi connectivity index (χ2v) is 7.19. The van der Waals surface area contributed by atoms with Crippen LogP contribution in [0.15, 0.2) is 46.5 Å². The van der Waals surface area contributed by atoms with Crippen LogP contribution in [0.4, 0.5) is 0 Å². The first-order chi connectivity index (χ1) is 12.8. The van der Waals surface area contributed by atoms with Gasteiger partial charge in [-0.05, 0) is 44.1 Å². The second-order valence-electron chi connectivity index (χ2n) is 6.41. The largest absolute Gasteiger partial charge is 0.270 e. The molecule has 0 bridgehead atoms. The molecule has 3 heterocycles. The number of nitrogens with zero attached hydrogens (tertiary/aromatic N) is 5. The van der Waals surface area contributed by atoms with Gasteiger partial charge in [0.05, 0.1) is 11.0 Å². The summed E-state index contributed by atoms with van der Waals surface area (Å²) < 4.78 is 3.74. The van der Waals surface area contributed by atoms with Crippen molar-refractivity contribution in [1.82, 2.24) is 23.9 Å². The van der Waals surface area contributed by atoms with Crippen molar-refractivity contribution in [2.24, 2.45) is 0 Å². The maximum absolute atomic E-state index is 13.3. The lowest BCUT2D eigenvalue weighted by Gasteiger charge is -2.17. The molecule has 1 aromatic carbocycles. The third-order valence-corrected chi connectivity index (χ3v) is 5.43. The molecule has 0 saturated heterocycles. The van der Waals surface area contributed by atoms with Gasteiger partial charge in [0.15, 0.2) is 10.8 Å². The van der Waals surface area contributed by atoms with E-state index in [2.05, 4.69) is 16.0 Å². The summed E-state index contributed by atoms with van der Waals surface area (Å²) in [6, 6.07) is 7.92. The van der Waals surface area contributed by atoms with E-state index in [1.807, 2.05) is 34.9 Å². The minimum atomic E-state index is -0.0939. The van der Waals surface area contributed by atoms with Crippen LogP contribution in [0.2, 0.25) is 0 Å². The monoisotopic (exact) mass is 363 g/mol. The van der Waals surface area contributed by atoms with Crippen molar-refractivity contribution in [3.63, 3.8) is 0 Å². The number of benzene rings is 1. The van der Waals surface area contributed by atoms with Gasteiger partial charge in [0, 0.05) is 11.9 Å². The molecule has 1 aliphatic carbocycles. The number of allylic oxidation sites excluding steroid dienone is 2. The average molecular weight is 363 g/mol. The van der Waals surface area contributed by atoms with Crippen LogP contribution in [0.1, 0.15) is 25.7 Å². The van der Waals surface area contributed by atoms with E-state index >= 15 is 0 Å². The van der Waals surface area contributed by atoms with Crippen LogP contribution in [-0.2, 0) is 0 Å². The summed E-state index contributed by atoms with van der Waals surface area (Å²) in [4.78, 5) is 27.0. The maximum atomic E-state index is 13.3. The Kier molecular flexibility index (Phi) is 3.56. The molecular weight excluding hydrogens is 346 g/mol. The van der Waals surface area contributed by atoms with E-state index in [9.17, 15) is 4.79 Å². The molecule has 0 unspecified atom stereocenters. The van der Waals surface area contributed by atoms with Gasteiger partial charge >= 0.3 is 0 Å². The third-order valence-electron chi connectivity index (χ3n) is 4.87. The molecule has 0 amide bonds. The fourth-order valence-electron chi connectivity index (χ4n) is 3.64. The van der Waals surface area contributed by atoms with Gasteiger partial charge in [-0.1, -0.05) is 30.0 Å². The van der Waals surface area contributed by atoms with E-state index in [0.29, 0.717) is 22.0 Å². The smallest absolute Gasteiger partial charge is 0.268 e. The summed E-state index contributed by atoms with van der Waals surface area (Å²) in [6.07, 6.45) is 9.86. The van der Waals surface area contributed by atoms with Crippen LogP contribution in [0, 0.1) is 0 Å². The van der Waals surface area contributed by atoms with Gasteiger partial charge in [0.25, 0.3) is 5.56 Å². The molecule has 0 aliphatic heterocycles. The number of rotatable bonds is 2. The zero-order chi connectivity index (χ0) is 17.7. The number of hydrogen-bond acceptors (Lipinski definition) is 5. The zero-order valence-corrected chi connectivity index (χ0v) is 15.2. The number of thioether (sulfide) groups is 1. The van der Waals surface area contributed by atoms with Gasteiger partial charge in [0.1, 0.15) is 5.39 Å². The molecule has 0 N–H and O–H groups in total. The van der Waals surface area contributed by atoms with Crippen molar-refractivity contribution in [1.29, 1.82) is 0 Å². The minimum Gasteiger partial charge on any atom is -0.268 e. The number of fused-ring (bicyclic) bond motifs is 5. The molecular formula is C19H17N5OS. The van der Waals surface area contributed by atoms with E-state index in [1.54, 1.807) is 10.8 Å². The van der Waals surface area contributed by atoms with E-state index in [-0.39, 0.29) is 5.56 Å². The molecule has 4 aromatic rings. The third kappa shape index (κ3) is 2.20. The Labute approximate surface area is 153 Å². The van der Waals surface area contributed by atoms with E-state index in [4.69, 9.17) is 4.98 Å². The predicted octanol–water partition coefficient (Wildman–Crippen LogP) is 3.73. The molecule has 0 radical (unpaired) electrons. The minimum absolute atomic E-state index is 0.0939. The molecule has 0 atom stereocenters. The van der Waals surface area contributed by atoms with Gasteiger partial charge in [-0.2, -0.15) is 0 Å². The summed E-state index contributed by atoms with van der Waals surface area (Å²) in [5.41, 5.74) is 3.35. The van der Waals surface area contributed by atoms with Crippen molar-refractivity contribution in [3.05, 3.63) is 46.9 Å². The topological polar surface area (TPSA) is 65.1 Å². The Hall–Kier alpha value is -2.67. The Balaban J connectivity index is 2.03. The maximum Gasteiger partial charge on any atom is 0.270 e. The Bertz CT molecular complexity index is 1250.